The molecule has 0 heterocycles. The molecule has 0 spiro atoms. The minimum absolute atomic E-state index is 0.00963. The average Bonchev–Trinajstić information content (AvgIpc) is 2.52. The first-order chi connectivity index (χ1) is 10.3. The van der Waals surface area contributed by atoms with Gasteiger partial charge in [-0.25, -0.2) is 9.59 Å². The largest absolute Gasteiger partial charge is 0.465 e. The molecule has 116 valence electrons. The highest BCUT2D eigenvalue weighted by atomic mass is 16.6. The molecule has 0 aromatic heterocycles. The molecule has 0 fully saturated rings. The molecule has 1 aromatic carbocycles. The van der Waals surface area contributed by atoms with Crippen LogP contribution in [0.4, 0.5) is 5.69 Å². The quantitative estimate of drug-likeness (QED) is 0.461. The van der Waals surface area contributed by atoms with Gasteiger partial charge >= 0.3 is 11.9 Å². The zero-order valence-electron chi connectivity index (χ0n) is 12.3. The molecular weight excluding hydrogens is 292 g/mol. The molecule has 0 amide bonds. The lowest BCUT2D eigenvalue weighted by atomic mass is 9.80. The molecule has 1 rings (SSSR count). The lowest BCUT2D eigenvalue weighted by molar-refractivity contribution is -0.385. The summed E-state index contributed by atoms with van der Waals surface area (Å²) in [6, 6.07) is 5.34. The Balaban J connectivity index is 3.74. The van der Waals surface area contributed by atoms with Gasteiger partial charge in [0.1, 0.15) is 0 Å². The second kappa shape index (κ2) is 6.67. The van der Waals surface area contributed by atoms with Crippen molar-refractivity contribution in [2.75, 3.05) is 13.7 Å². The molecular formula is C14H14N2O6. The number of methoxy groups -OCH3 is 1. The maximum absolute atomic E-state index is 12.1. The van der Waals surface area contributed by atoms with Gasteiger partial charge in [-0.05, 0) is 19.9 Å². The highest BCUT2D eigenvalue weighted by Gasteiger charge is 2.45. The lowest BCUT2D eigenvalue weighted by Crippen LogP contribution is -2.35. The van der Waals surface area contributed by atoms with E-state index >= 15 is 0 Å². The van der Waals surface area contributed by atoms with E-state index in [1.54, 1.807) is 6.07 Å². The molecule has 0 aliphatic heterocycles. The van der Waals surface area contributed by atoms with E-state index < -0.39 is 28.0 Å². The number of nitriles is 1. The van der Waals surface area contributed by atoms with Gasteiger partial charge in [-0.3, -0.25) is 10.1 Å². The van der Waals surface area contributed by atoms with E-state index in [2.05, 4.69) is 4.74 Å². The van der Waals surface area contributed by atoms with Crippen molar-refractivity contribution in [2.45, 2.75) is 19.3 Å². The second-order valence-corrected chi connectivity index (χ2v) is 4.41. The first kappa shape index (κ1) is 17.1. The van der Waals surface area contributed by atoms with E-state index in [1.165, 1.54) is 26.0 Å². The van der Waals surface area contributed by atoms with Crippen LogP contribution < -0.4 is 0 Å². The number of carbonyl (C=O) groups excluding carboxylic acids is 2. The van der Waals surface area contributed by atoms with Crippen molar-refractivity contribution in [2.24, 2.45) is 0 Å². The van der Waals surface area contributed by atoms with Crippen LogP contribution in [0.1, 0.15) is 29.8 Å². The SMILES string of the molecule is CCOC(=O)C(C)(C#N)c1c(C(=O)OC)cccc1[N+](=O)[O-]. The molecule has 0 saturated carbocycles. The number of hydrogen-bond donors (Lipinski definition) is 0. The molecule has 0 N–H and O–H groups in total. The van der Waals surface area contributed by atoms with Crippen molar-refractivity contribution >= 4 is 17.6 Å². The van der Waals surface area contributed by atoms with Crippen LogP contribution in [0.5, 0.6) is 0 Å². The first-order valence-electron chi connectivity index (χ1n) is 6.28. The molecule has 1 atom stereocenters. The molecule has 8 heteroatoms. The number of carbonyl (C=O) groups is 2. The molecule has 1 aromatic rings. The smallest absolute Gasteiger partial charge is 0.338 e. The normalized spacial score (nSPS) is 12.6. The summed E-state index contributed by atoms with van der Waals surface area (Å²) in [6.45, 7) is 2.69. The molecule has 0 aliphatic carbocycles. The van der Waals surface area contributed by atoms with Crippen molar-refractivity contribution in [1.29, 1.82) is 5.26 Å². The van der Waals surface area contributed by atoms with Crippen LogP contribution in [-0.2, 0) is 19.7 Å². The third-order valence-corrected chi connectivity index (χ3v) is 3.05. The van der Waals surface area contributed by atoms with Crippen LogP contribution in [-0.4, -0.2) is 30.6 Å². The third-order valence-electron chi connectivity index (χ3n) is 3.05. The standard InChI is InChI=1S/C14H14N2O6/c1-4-22-13(18)14(2,8-15)11-9(12(17)21-3)6-5-7-10(11)16(19)20/h5-7H,4H2,1-3H3. The Labute approximate surface area is 126 Å². The van der Waals surface area contributed by atoms with Gasteiger partial charge in [0.15, 0.2) is 5.41 Å². The Bertz CT molecular complexity index is 664. The minimum Gasteiger partial charge on any atom is -0.465 e. The van der Waals surface area contributed by atoms with Crippen LogP contribution in [0.25, 0.3) is 0 Å². The molecule has 22 heavy (non-hydrogen) atoms. The van der Waals surface area contributed by atoms with Crippen LogP contribution in [0, 0.1) is 21.4 Å². The first-order valence-corrected chi connectivity index (χ1v) is 6.28. The van der Waals surface area contributed by atoms with Gasteiger partial charge in [0, 0.05) is 6.07 Å². The Hall–Kier alpha value is -2.95. The second-order valence-electron chi connectivity index (χ2n) is 4.41. The fraction of sp³-hybridized carbons (Fsp3) is 0.357. The van der Waals surface area contributed by atoms with E-state index in [1.807, 2.05) is 0 Å². The van der Waals surface area contributed by atoms with Crippen molar-refractivity contribution in [3.8, 4) is 6.07 Å². The Morgan fingerprint density at radius 3 is 2.55 bits per heavy atom. The topological polar surface area (TPSA) is 120 Å². The van der Waals surface area contributed by atoms with E-state index in [4.69, 9.17) is 4.74 Å². The molecule has 0 saturated heterocycles. The van der Waals surface area contributed by atoms with Crippen LogP contribution in [0.3, 0.4) is 0 Å². The minimum atomic E-state index is -2.01. The average molecular weight is 306 g/mol. The zero-order chi connectivity index (χ0) is 16.9. The summed E-state index contributed by atoms with van der Waals surface area (Å²) >= 11 is 0. The van der Waals surface area contributed by atoms with E-state index in [-0.39, 0.29) is 17.7 Å². The number of nitro benzene ring substituents is 1. The predicted octanol–water partition coefficient (Wildman–Crippen LogP) is 1.73. The summed E-state index contributed by atoms with van der Waals surface area (Å²) in [4.78, 5) is 34.4. The van der Waals surface area contributed by atoms with Crippen molar-refractivity contribution in [1.82, 2.24) is 0 Å². The fourth-order valence-corrected chi connectivity index (χ4v) is 1.98. The van der Waals surface area contributed by atoms with Crippen molar-refractivity contribution < 1.29 is 24.0 Å². The zero-order valence-corrected chi connectivity index (χ0v) is 12.3. The van der Waals surface area contributed by atoms with Gasteiger partial charge in [-0.1, -0.05) is 6.07 Å². The van der Waals surface area contributed by atoms with Crippen molar-refractivity contribution in [3.63, 3.8) is 0 Å². The maximum Gasteiger partial charge on any atom is 0.338 e. The lowest BCUT2D eigenvalue weighted by Gasteiger charge is -2.21. The molecule has 0 aliphatic rings. The monoisotopic (exact) mass is 306 g/mol. The molecule has 0 bridgehead atoms. The summed E-state index contributed by atoms with van der Waals surface area (Å²) in [6.07, 6.45) is 0. The van der Waals surface area contributed by atoms with Gasteiger partial charge in [0.25, 0.3) is 5.69 Å². The number of rotatable bonds is 5. The van der Waals surface area contributed by atoms with Crippen molar-refractivity contribution in [3.05, 3.63) is 39.4 Å². The van der Waals surface area contributed by atoms with Gasteiger partial charge in [-0.2, -0.15) is 5.26 Å². The maximum atomic E-state index is 12.1. The molecule has 0 radical (unpaired) electrons. The van der Waals surface area contributed by atoms with Crippen LogP contribution in [0.15, 0.2) is 18.2 Å². The number of nitro groups is 1. The van der Waals surface area contributed by atoms with Gasteiger partial charge in [0.05, 0.1) is 35.8 Å². The summed E-state index contributed by atoms with van der Waals surface area (Å²) in [5.74, 6) is -1.86. The fourth-order valence-electron chi connectivity index (χ4n) is 1.98. The summed E-state index contributed by atoms with van der Waals surface area (Å²) < 4.78 is 9.39. The van der Waals surface area contributed by atoms with Crippen LogP contribution in [0.2, 0.25) is 0 Å². The summed E-state index contributed by atoms with van der Waals surface area (Å²) in [7, 11) is 1.10. The number of nitrogens with zero attached hydrogens (tertiary/aromatic N) is 2. The predicted molar refractivity (Wildman–Crippen MR) is 74.0 cm³/mol. The number of ether oxygens (including phenoxy) is 2. The van der Waals surface area contributed by atoms with E-state index in [0.717, 1.165) is 13.2 Å². The van der Waals surface area contributed by atoms with Gasteiger partial charge < -0.3 is 9.47 Å². The Morgan fingerprint density at radius 1 is 1.45 bits per heavy atom. The highest BCUT2D eigenvalue weighted by molar-refractivity contribution is 5.98. The van der Waals surface area contributed by atoms with E-state index in [9.17, 15) is 25.0 Å². The van der Waals surface area contributed by atoms with Crippen LogP contribution >= 0.6 is 0 Å². The Kier molecular flexibility index (Phi) is 5.18. The van der Waals surface area contributed by atoms with Gasteiger partial charge in [-0.15, -0.1) is 0 Å². The number of hydrogen-bond acceptors (Lipinski definition) is 7. The molecule has 1 unspecified atom stereocenters. The van der Waals surface area contributed by atoms with Gasteiger partial charge in [0.2, 0.25) is 0 Å². The Morgan fingerprint density at radius 2 is 2.09 bits per heavy atom. The highest BCUT2D eigenvalue weighted by Crippen LogP contribution is 2.35. The summed E-state index contributed by atoms with van der Waals surface area (Å²) in [5.41, 5.74) is -3.11. The van der Waals surface area contributed by atoms with E-state index in [0.29, 0.717) is 0 Å². The number of benzene rings is 1. The molecule has 8 nitrogen and oxygen atoms in total. The third kappa shape index (κ3) is 2.88. The number of esters is 2. The summed E-state index contributed by atoms with van der Waals surface area (Å²) in [5, 5.41) is 20.6.